The molecule has 0 aliphatic carbocycles. The molecule has 1 atom stereocenters. The quantitative estimate of drug-likeness (QED) is 0.200. The molecule has 2 aliphatic heterocycles. The van der Waals surface area contributed by atoms with Gasteiger partial charge in [-0.3, -0.25) is 9.59 Å². The van der Waals surface area contributed by atoms with Gasteiger partial charge in [0.1, 0.15) is 29.6 Å². The summed E-state index contributed by atoms with van der Waals surface area (Å²) in [4.78, 5) is 25.7. The van der Waals surface area contributed by atoms with E-state index in [9.17, 15) is 9.59 Å². The number of para-hydroxylation sites is 1. The Morgan fingerprint density at radius 1 is 1.06 bits per heavy atom. The van der Waals surface area contributed by atoms with Crippen LogP contribution in [-0.2, 0) is 4.79 Å². The number of hydrogen-bond acceptors (Lipinski definition) is 6. The summed E-state index contributed by atoms with van der Waals surface area (Å²) < 4.78 is 22.9. The molecule has 6 heteroatoms. The smallest absolute Gasteiger partial charge is 0.312 e. The van der Waals surface area contributed by atoms with Gasteiger partial charge in [-0.1, -0.05) is 36.9 Å². The molecule has 3 aromatic rings. The maximum absolute atomic E-state index is 13.2. The fourth-order valence-corrected chi connectivity index (χ4v) is 4.32. The Morgan fingerprint density at radius 2 is 1.83 bits per heavy atom. The van der Waals surface area contributed by atoms with E-state index >= 15 is 0 Å². The molecule has 2 heterocycles. The first kappa shape index (κ1) is 22.5. The van der Waals surface area contributed by atoms with Gasteiger partial charge in [0, 0.05) is 17.0 Å². The number of hydrogen-bond donors (Lipinski definition) is 0. The molecular weight excluding hydrogens is 444 g/mol. The molecule has 0 radical (unpaired) electrons. The van der Waals surface area contributed by atoms with Gasteiger partial charge in [0.05, 0.1) is 19.1 Å². The van der Waals surface area contributed by atoms with Crippen molar-refractivity contribution in [3.05, 3.63) is 101 Å². The molecule has 0 bridgehead atoms. The molecule has 0 spiro atoms. The number of carbonyl (C=O) groups excluding carboxylic acids is 2. The minimum atomic E-state index is -0.393. The molecule has 0 fully saturated rings. The van der Waals surface area contributed by atoms with Crippen LogP contribution in [0.4, 0.5) is 0 Å². The second kappa shape index (κ2) is 9.14. The van der Waals surface area contributed by atoms with Crippen LogP contribution in [0, 0.1) is 0 Å². The van der Waals surface area contributed by atoms with Gasteiger partial charge in [-0.15, -0.1) is 0 Å². The zero-order valence-electron chi connectivity index (χ0n) is 19.5. The summed E-state index contributed by atoms with van der Waals surface area (Å²) in [5.74, 6) is 1.42. The Labute approximate surface area is 203 Å². The average Bonchev–Trinajstić information content (AvgIpc) is 3.17. The minimum Gasteiger partial charge on any atom is -0.497 e. The first-order valence-corrected chi connectivity index (χ1v) is 11.3. The van der Waals surface area contributed by atoms with Crippen LogP contribution in [0.15, 0.2) is 78.6 Å². The van der Waals surface area contributed by atoms with E-state index in [0.29, 0.717) is 35.0 Å². The molecule has 3 aromatic carbocycles. The van der Waals surface area contributed by atoms with E-state index in [1.165, 1.54) is 0 Å². The summed E-state index contributed by atoms with van der Waals surface area (Å²) in [6.07, 6.45) is 1.80. The standard InChI is InChI=1S/C29H24O6/c1-17(2)16-33-23-7-5-4-6-20(23)22-15-26(30)34-24-13-12-21-28(31)25(35-29(21)27(22)24)14-18-8-10-19(32-3)11-9-18/h4-14,22H,1,15-16H2,2-3H3/b25-14-/t22-/m0/s1. The van der Waals surface area contributed by atoms with Crippen molar-refractivity contribution in [3.63, 3.8) is 0 Å². The highest BCUT2D eigenvalue weighted by atomic mass is 16.5. The number of ketones is 1. The zero-order chi connectivity index (χ0) is 24.5. The number of allylic oxidation sites excluding steroid dienone is 1. The number of ether oxygens (including phenoxy) is 4. The Kier molecular flexibility index (Phi) is 5.87. The number of benzene rings is 3. The molecular formula is C29H24O6. The van der Waals surface area contributed by atoms with Gasteiger partial charge < -0.3 is 18.9 Å². The van der Waals surface area contributed by atoms with Crippen molar-refractivity contribution in [3.8, 4) is 23.0 Å². The third-order valence-corrected chi connectivity index (χ3v) is 5.96. The normalized spacial score (nSPS) is 17.3. The van der Waals surface area contributed by atoms with Crippen molar-refractivity contribution in [2.24, 2.45) is 0 Å². The number of carbonyl (C=O) groups is 2. The van der Waals surface area contributed by atoms with Gasteiger partial charge in [0.2, 0.25) is 5.78 Å². The van der Waals surface area contributed by atoms with E-state index < -0.39 is 5.92 Å². The first-order valence-electron chi connectivity index (χ1n) is 11.3. The maximum atomic E-state index is 13.2. The third-order valence-electron chi connectivity index (χ3n) is 5.96. The van der Waals surface area contributed by atoms with Crippen molar-refractivity contribution in [2.75, 3.05) is 13.7 Å². The van der Waals surface area contributed by atoms with Gasteiger partial charge in [0.15, 0.2) is 5.76 Å². The number of fused-ring (bicyclic) bond motifs is 3. The molecule has 5 rings (SSSR count). The van der Waals surface area contributed by atoms with E-state index in [4.69, 9.17) is 18.9 Å². The highest BCUT2D eigenvalue weighted by molar-refractivity contribution is 6.15. The van der Waals surface area contributed by atoms with Gasteiger partial charge in [0.25, 0.3) is 0 Å². The number of esters is 1. The van der Waals surface area contributed by atoms with E-state index in [1.54, 1.807) is 25.3 Å². The summed E-state index contributed by atoms with van der Waals surface area (Å²) in [5.41, 5.74) is 3.61. The lowest BCUT2D eigenvalue weighted by atomic mass is 9.84. The molecule has 35 heavy (non-hydrogen) atoms. The number of Topliss-reactive ketones (excluding diaryl/α,β-unsaturated/α-hetero) is 1. The van der Waals surface area contributed by atoms with Crippen LogP contribution in [0.5, 0.6) is 23.0 Å². The molecule has 176 valence electrons. The SMILES string of the molecule is C=C(C)COc1ccccc1[C@@H]1CC(=O)Oc2ccc3c(c21)O/C(=C\c1ccc(OC)cc1)C3=O. The summed E-state index contributed by atoms with van der Waals surface area (Å²) in [6, 6.07) is 18.2. The molecule has 6 nitrogen and oxygen atoms in total. The van der Waals surface area contributed by atoms with Crippen LogP contribution in [-0.4, -0.2) is 25.5 Å². The molecule has 2 aliphatic rings. The Morgan fingerprint density at radius 3 is 2.57 bits per heavy atom. The van der Waals surface area contributed by atoms with Crippen molar-refractivity contribution in [1.82, 2.24) is 0 Å². The van der Waals surface area contributed by atoms with E-state index in [1.807, 2.05) is 55.5 Å². The molecule has 0 amide bonds. The minimum absolute atomic E-state index is 0.103. The second-order valence-corrected chi connectivity index (χ2v) is 8.58. The average molecular weight is 469 g/mol. The van der Waals surface area contributed by atoms with Crippen LogP contribution in [0.3, 0.4) is 0 Å². The van der Waals surface area contributed by atoms with Crippen LogP contribution in [0.2, 0.25) is 0 Å². The lowest BCUT2D eigenvalue weighted by Crippen LogP contribution is -2.22. The van der Waals surface area contributed by atoms with Crippen LogP contribution >= 0.6 is 0 Å². The van der Waals surface area contributed by atoms with Gasteiger partial charge >= 0.3 is 5.97 Å². The monoisotopic (exact) mass is 468 g/mol. The Balaban J connectivity index is 1.57. The number of methoxy groups -OCH3 is 1. The lowest BCUT2D eigenvalue weighted by molar-refractivity contribution is -0.135. The topological polar surface area (TPSA) is 71.1 Å². The van der Waals surface area contributed by atoms with E-state index in [2.05, 4.69) is 6.58 Å². The van der Waals surface area contributed by atoms with Crippen molar-refractivity contribution >= 4 is 17.8 Å². The third kappa shape index (κ3) is 4.30. The van der Waals surface area contributed by atoms with Crippen LogP contribution in [0.25, 0.3) is 6.08 Å². The summed E-state index contributed by atoms with van der Waals surface area (Å²) in [5, 5.41) is 0. The zero-order valence-corrected chi connectivity index (χ0v) is 19.5. The summed E-state index contributed by atoms with van der Waals surface area (Å²) in [7, 11) is 1.60. The second-order valence-electron chi connectivity index (χ2n) is 8.58. The molecule has 0 saturated carbocycles. The van der Waals surface area contributed by atoms with Gasteiger partial charge in [-0.2, -0.15) is 0 Å². The predicted octanol–water partition coefficient (Wildman–Crippen LogP) is 5.71. The predicted molar refractivity (Wildman–Crippen MR) is 131 cm³/mol. The Hall–Kier alpha value is -4.32. The fourth-order valence-electron chi connectivity index (χ4n) is 4.32. The lowest BCUT2D eigenvalue weighted by Gasteiger charge is -2.27. The van der Waals surface area contributed by atoms with Crippen LogP contribution in [0.1, 0.15) is 46.3 Å². The number of rotatable bonds is 6. The highest BCUT2D eigenvalue weighted by Gasteiger charge is 2.39. The largest absolute Gasteiger partial charge is 0.497 e. The molecule has 0 aromatic heterocycles. The van der Waals surface area contributed by atoms with Crippen molar-refractivity contribution < 1.29 is 28.5 Å². The van der Waals surface area contributed by atoms with E-state index in [-0.39, 0.29) is 23.9 Å². The van der Waals surface area contributed by atoms with Gasteiger partial charge in [-0.25, -0.2) is 0 Å². The van der Waals surface area contributed by atoms with Crippen LogP contribution < -0.4 is 18.9 Å². The maximum Gasteiger partial charge on any atom is 0.312 e. The van der Waals surface area contributed by atoms with Crippen molar-refractivity contribution in [2.45, 2.75) is 19.3 Å². The van der Waals surface area contributed by atoms with E-state index in [0.717, 1.165) is 22.4 Å². The Bertz CT molecular complexity index is 1370. The molecule has 0 saturated heterocycles. The van der Waals surface area contributed by atoms with Crippen molar-refractivity contribution in [1.29, 1.82) is 0 Å². The fraction of sp³-hybridized carbons (Fsp3) is 0.172. The molecule has 0 unspecified atom stereocenters. The molecule has 0 N–H and O–H groups in total. The summed E-state index contributed by atoms with van der Waals surface area (Å²) in [6.45, 7) is 6.15. The highest BCUT2D eigenvalue weighted by Crippen LogP contribution is 2.50. The summed E-state index contributed by atoms with van der Waals surface area (Å²) >= 11 is 0. The first-order chi connectivity index (χ1) is 16.9. The van der Waals surface area contributed by atoms with Gasteiger partial charge in [-0.05, 0) is 54.5 Å².